The van der Waals surface area contributed by atoms with Crippen LogP contribution in [0.5, 0.6) is 0 Å². The fraction of sp³-hybridized carbons (Fsp3) is 0.600. The number of aliphatic imine (C=N–C) groups is 1. The molecule has 0 aliphatic carbocycles. The molecule has 0 fully saturated rings. The van der Waals surface area contributed by atoms with Crippen LogP contribution >= 0.6 is 0 Å². The molecule has 1 amide bonds. The molecule has 0 atom stereocenters. The van der Waals surface area contributed by atoms with Gasteiger partial charge in [-0.25, -0.2) is 0 Å². The lowest BCUT2D eigenvalue weighted by Crippen LogP contribution is -2.37. The summed E-state index contributed by atoms with van der Waals surface area (Å²) in [5, 5.41) is 5.18. The van der Waals surface area contributed by atoms with Crippen LogP contribution in [-0.2, 0) is 4.79 Å². The quantitative estimate of drug-likeness (QED) is 0.336. The van der Waals surface area contributed by atoms with Crippen molar-refractivity contribution in [1.82, 2.24) is 10.6 Å². The summed E-state index contributed by atoms with van der Waals surface area (Å²) in [5.74, 6) is 0.368. The number of hydrogen-bond donors (Lipinski definition) is 2. The van der Waals surface area contributed by atoms with Crippen LogP contribution in [0.2, 0.25) is 0 Å². The van der Waals surface area contributed by atoms with Crippen LogP contribution in [0.15, 0.2) is 4.99 Å². The van der Waals surface area contributed by atoms with Crippen molar-refractivity contribution in [3.05, 3.63) is 0 Å². The van der Waals surface area contributed by atoms with Crippen molar-refractivity contribution in [3.8, 4) is 0 Å². The molecular formula is C5H11N3O. The highest BCUT2D eigenvalue weighted by Crippen LogP contribution is 1.63. The van der Waals surface area contributed by atoms with E-state index < -0.39 is 0 Å². The van der Waals surface area contributed by atoms with Crippen LogP contribution in [0.25, 0.3) is 0 Å². The lowest BCUT2D eigenvalue weighted by molar-refractivity contribution is -0.117. The Bertz CT molecular complexity index is 130. The zero-order valence-corrected chi connectivity index (χ0v) is 5.86. The summed E-state index contributed by atoms with van der Waals surface area (Å²) in [6.45, 7) is 1.43. The summed E-state index contributed by atoms with van der Waals surface area (Å²) in [6.07, 6.45) is 0. The molecule has 0 aromatic rings. The van der Waals surface area contributed by atoms with Gasteiger partial charge in [0, 0.05) is 21.0 Å². The monoisotopic (exact) mass is 129 g/mol. The zero-order valence-electron chi connectivity index (χ0n) is 5.86. The standard InChI is InChI=1S/C5H11N3O/c1-4(9)8-5(6-2)7-3/h1-3H3,(H2,6,7,8,9). The highest BCUT2D eigenvalue weighted by atomic mass is 16.1. The van der Waals surface area contributed by atoms with Crippen molar-refractivity contribution < 1.29 is 4.79 Å². The van der Waals surface area contributed by atoms with E-state index in [-0.39, 0.29) is 5.91 Å². The normalized spacial score (nSPS) is 10.8. The number of carbonyl (C=O) groups is 1. The minimum absolute atomic E-state index is 0.120. The van der Waals surface area contributed by atoms with E-state index >= 15 is 0 Å². The van der Waals surface area contributed by atoms with E-state index in [0.29, 0.717) is 5.96 Å². The zero-order chi connectivity index (χ0) is 7.28. The largest absolute Gasteiger partial charge is 0.359 e. The van der Waals surface area contributed by atoms with Crippen molar-refractivity contribution in [1.29, 1.82) is 0 Å². The lowest BCUT2D eigenvalue weighted by Gasteiger charge is -2.02. The van der Waals surface area contributed by atoms with E-state index in [1.807, 2.05) is 0 Å². The summed E-state index contributed by atoms with van der Waals surface area (Å²) in [7, 11) is 3.29. The maximum Gasteiger partial charge on any atom is 0.223 e. The van der Waals surface area contributed by atoms with Crippen LogP contribution < -0.4 is 10.6 Å². The molecule has 0 aromatic carbocycles. The summed E-state index contributed by atoms with van der Waals surface area (Å²) in [5.41, 5.74) is 0. The number of nitrogens with one attached hydrogen (secondary N) is 2. The van der Waals surface area contributed by atoms with Crippen molar-refractivity contribution in [3.63, 3.8) is 0 Å². The molecule has 0 saturated heterocycles. The molecule has 0 rings (SSSR count). The van der Waals surface area contributed by atoms with Gasteiger partial charge in [0.1, 0.15) is 0 Å². The Morgan fingerprint density at radius 2 is 2.11 bits per heavy atom. The number of amides is 1. The third kappa shape index (κ3) is 3.52. The van der Waals surface area contributed by atoms with Crippen molar-refractivity contribution >= 4 is 11.9 Å². The molecule has 0 aliphatic rings. The van der Waals surface area contributed by atoms with Gasteiger partial charge in [-0.2, -0.15) is 0 Å². The van der Waals surface area contributed by atoms with Crippen molar-refractivity contribution in [2.45, 2.75) is 6.92 Å². The molecular weight excluding hydrogens is 118 g/mol. The topological polar surface area (TPSA) is 53.5 Å². The molecule has 0 unspecified atom stereocenters. The van der Waals surface area contributed by atoms with Gasteiger partial charge in [0.05, 0.1) is 0 Å². The first kappa shape index (κ1) is 7.94. The van der Waals surface area contributed by atoms with Crippen LogP contribution in [-0.4, -0.2) is 26.0 Å². The van der Waals surface area contributed by atoms with Gasteiger partial charge in [-0.05, 0) is 0 Å². The Hall–Kier alpha value is -1.06. The fourth-order valence-corrected chi connectivity index (χ4v) is 0.397. The summed E-state index contributed by atoms with van der Waals surface area (Å²) in [4.78, 5) is 14.1. The highest BCUT2D eigenvalue weighted by molar-refractivity contribution is 5.95. The third-order valence-electron chi connectivity index (χ3n) is 0.755. The molecule has 0 heterocycles. The van der Waals surface area contributed by atoms with Gasteiger partial charge < -0.3 is 5.32 Å². The molecule has 9 heavy (non-hydrogen) atoms. The smallest absolute Gasteiger partial charge is 0.223 e. The summed E-state index contributed by atoms with van der Waals surface area (Å²) in [6, 6.07) is 0. The number of hydrogen-bond acceptors (Lipinski definition) is 2. The number of rotatable bonds is 0. The number of nitrogens with zero attached hydrogens (tertiary/aromatic N) is 1. The van der Waals surface area contributed by atoms with Crippen molar-refractivity contribution in [2.24, 2.45) is 4.99 Å². The van der Waals surface area contributed by atoms with Gasteiger partial charge in [-0.15, -0.1) is 0 Å². The molecule has 52 valence electrons. The van der Waals surface area contributed by atoms with E-state index in [1.165, 1.54) is 6.92 Å². The second-order valence-electron chi connectivity index (χ2n) is 1.50. The first-order chi connectivity index (χ1) is 4.20. The van der Waals surface area contributed by atoms with E-state index in [2.05, 4.69) is 15.6 Å². The number of guanidine groups is 1. The average molecular weight is 129 g/mol. The number of carbonyl (C=O) groups excluding carboxylic acids is 1. The average Bonchev–Trinajstić information content (AvgIpc) is 1.82. The van der Waals surface area contributed by atoms with E-state index in [4.69, 9.17) is 0 Å². The Labute approximate surface area is 54.4 Å². The Kier molecular flexibility index (Phi) is 3.43. The second-order valence-corrected chi connectivity index (χ2v) is 1.50. The molecule has 0 spiro atoms. The predicted octanol–water partition coefficient (Wildman–Crippen LogP) is -0.672. The van der Waals surface area contributed by atoms with Crippen LogP contribution in [0.3, 0.4) is 0 Å². The highest BCUT2D eigenvalue weighted by Gasteiger charge is 1.93. The lowest BCUT2D eigenvalue weighted by atomic mass is 10.7. The SMILES string of the molecule is C/N=C(\NC)NC(C)=O. The van der Waals surface area contributed by atoms with E-state index in [1.54, 1.807) is 14.1 Å². The van der Waals surface area contributed by atoms with Crippen LogP contribution in [0.4, 0.5) is 0 Å². The molecule has 0 aromatic heterocycles. The first-order valence-corrected chi connectivity index (χ1v) is 2.62. The molecule has 0 bridgehead atoms. The summed E-state index contributed by atoms with van der Waals surface area (Å²) >= 11 is 0. The third-order valence-corrected chi connectivity index (χ3v) is 0.755. The minimum Gasteiger partial charge on any atom is -0.359 e. The van der Waals surface area contributed by atoms with Gasteiger partial charge in [0.15, 0.2) is 5.96 Å². The second kappa shape index (κ2) is 3.88. The van der Waals surface area contributed by atoms with E-state index in [9.17, 15) is 4.79 Å². The minimum atomic E-state index is -0.120. The molecule has 4 heteroatoms. The van der Waals surface area contributed by atoms with Crippen LogP contribution in [0, 0.1) is 0 Å². The first-order valence-electron chi connectivity index (χ1n) is 2.62. The summed E-state index contributed by atoms with van der Waals surface area (Å²) < 4.78 is 0. The molecule has 2 N–H and O–H groups in total. The Morgan fingerprint density at radius 3 is 2.22 bits per heavy atom. The maximum absolute atomic E-state index is 10.3. The maximum atomic E-state index is 10.3. The Morgan fingerprint density at radius 1 is 1.56 bits per heavy atom. The fourth-order valence-electron chi connectivity index (χ4n) is 0.397. The Balaban J connectivity index is 3.71. The van der Waals surface area contributed by atoms with Crippen molar-refractivity contribution in [2.75, 3.05) is 14.1 Å². The molecule has 0 radical (unpaired) electrons. The molecule has 0 aliphatic heterocycles. The van der Waals surface area contributed by atoms with Gasteiger partial charge in [-0.1, -0.05) is 0 Å². The predicted molar refractivity (Wildman–Crippen MR) is 36.2 cm³/mol. The van der Waals surface area contributed by atoms with Gasteiger partial charge in [-0.3, -0.25) is 15.1 Å². The van der Waals surface area contributed by atoms with E-state index in [0.717, 1.165) is 0 Å². The molecule has 4 nitrogen and oxygen atoms in total. The van der Waals surface area contributed by atoms with Gasteiger partial charge in [0.2, 0.25) is 5.91 Å². The van der Waals surface area contributed by atoms with Crippen LogP contribution in [0.1, 0.15) is 6.92 Å². The van der Waals surface area contributed by atoms with Gasteiger partial charge >= 0.3 is 0 Å². The molecule has 0 saturated carbocycles. The van der Waals surface area contributed by atoms with Gasteiger partial charge in [0.25, 0.3) is 0 Å².